The molecule has 0 aromatic heterocycles. The van der Waals surface area contributed by atoms with E-state index in [0.29, 0.717) is 11.9 Å². The molecule has 1 saturated carbocycles. The summed E-state index contributed by atoms with van der Waals surface area (Å²) in [4.78, 5) is 13.1. The number of carbonyl (C=O) groups is 1. The van der Waals surface area contributed by atoms with Crippen molar-refractivity contribution < 1.29 is 4.79 Å². The monoisotopic (exact) mass is 424 g/mol. The van der Waals surface area contributed by atoms with E-state index in [-0.39, 0.29) is 5.92 Å². The van der Waals surface area contributed by atoms with E-state index in [4.69, 9.17) is 0 Å². The van der Waals surface area contributed by atoms with Crippen LogP contribution in [0.3, 0.4) is 0 Å². The van der Waals surface area contributed by atoms with Crippen molar-refractivity contribution in [3.8, 4) is 0 Å². The molecule has 0 spiro atoms. The Morgan fingerprint density at radius 2 is 1.08 bits per heavy atom. The van der Waals surface area contributed by atoms with E-state index in [2.05, 4.69) is 88.3 Å². The van der Waals surface area contributed by atoms with Gasteiger partial charge in [-0.05, 0) is 0 Å². The molecule has 0 unspecified atom stereocenters. The van der Waals surface area contributed by atoms with Gasteiger partial charge in [-0.3, -0.25) is 0 Å². The number of rotatable bonds is 6. The predicted octanol–water partition coefficient (Wildman–Crippen LogP) is 4.81. The predicted molar refractivity (Wildman–Crippen MR) is 117 cm³/mol. The zero-order chi connectivity index (χ0) is 18.1. The average Bonchev–Trinajstić information content (AvgIpc) is 3.56. The number of Topliss-reactive ketones (excluding diaryl/α,β-unsaturated/α-hetero) is 1. The molecule has 3 heteroatoms. The second-order valence-electron chi connectivity index (χ2n) is 7.09. The van der Waals surface area contributed by atoms with Crippen molar-refractivity contribution in [2.24, 2.45) is 5.92 Å². The number of halogens is 1. The zero-order valence-electron chi connectivity index (χ0n) is 14.6. The summed E-state index contributed by atoms with van der Waals surface area (Å²) >= 11 is 4.32. The van der Waals surface area contributed by atoms with Crippen molar-refractivity contribution in [2.75, 3.05) is 6.16 Å². The van der Waals surface area contributed by atoms with Crippen molar-refractivity contribution in [3.05, 3.63) is 91.0 Å². The van der Waals surface area contributed by atoms with Crippen molar-refractivity contribution in [1.82, 2.24) is 0 Å². The number of benzene rings is 3. The van der Waals surface area contributed by atoms with Crippen LogP contribution in [0.5, 0.6) is 0 Å². The van der Waals surface area contributed by atoms with Crippen LogP contribution < -0.4 is 15.9 Å². The Hall–Kier alpha value is -1.76. The Morgan fingerprint density at radius 1 is 0.731 bits per heavy atom. The maximum absolute atomic E-state index is 13.1. The van der Waals surface area contributed by atoms with Crippen LogP contribution in [0.25, 0.3) is 0 Å². The van der Waals surface area contributed by atoms with Crippen molar-refractivity contribution in [1.29, 1.82) is 0 Å². The standard InChI is InChI=1S/C23H22BrOP/c24-26(18-23(25)19-16-17-19,20-10-4-1-5-11-20,21-12-6-2-7-13-21)22-14-8-3-9-15-22/h1-15,19H,16-18H2. The van der Waals surface area contributed by atoms with Gasteiger partial charge in [-0.2, -0.15) is 0 Å². The third kappa shape index (κ3) is 2.86. The summed E-state index contributed by atoms with van der Waals surface area (Å²) in [6, 6.07) is 31.6. The Kier molecular flexibility index (Phi) is 4.59. The number of carbonyl (C=O) groups excluding carboxylic acids is 1. The van der Waals surface area contributed by atoms with Gasteiger partial charge in [0.2, 0.25) is 0 Å². The third-order valence-electron chi connectivity index (χ3n) is 5.37. The van der Waals surface area contributed by atoms with Gasteiger partial charge in [0.25, 0.3) is 0 Å². The quantitative estimate of drug-likeness (QED) is 0.519. The van der Waals surface area contributed by atoms with Crippen LogP contribution in [0, 0.1) is 5.92 Å². The summed E-state index contributed by atoms with van der Waals surface area (Å²) in [5, 5.41) is 0.579. The molecule has 0 heterocycles. The fraction of sp³-hybridized carbons (Fsp3) is 0.174. The number of hydrogen-bond donors (Lipinski definition) is 0. The Bertz CT molecular complexity index is 805. The molecule has 0 radical (unpaired) electrons. The van der Waals surface area contributed by atoms with E-state index in [0.717, 1.165) is 12.8 Å². The van der Waals surface area contributed by atoms with E-state index < -0.39 is 5.31 Å². The van der Waals surface area contributed by atoms with Gasteiger partial charge in [0.1, 0.15) is 0 Å². The molecule has 1 aliphatic rings. The van der Waals surface area contributed by atoms with E-state index in [9.17, 15) is 4.79 Å². The molecule has 3 aromatic rings. The molecule has 1 nitrogen and oxygen atoms in total. The second kappa shape index (κ2) is 6.76. The van der Waals surface area contributed by atoms with Crippen LogP contribution in [0.15, 0.2) is 91.0 Å². The Balaban J connectivity index is 2.04. The molecular weight excluding hydrogens is 403 g/mol. The van der Waals surface area contributed by atoms with Gasteiger partial charge in [-0.25, -0.2) is 0 Å². The normalized spacial score (nSPS) is 15.8. The van der Waals surface area contributed by atoms with Crippen LogP contribution in [-0.2, 0) is 4.79 Å². The summed E-state index contributed by atoms with van der Waals surface area (Å²) in [5.41, 5.74) is 0. The first-order valence-corrected chi connectivity index (χ1v) is 13.5. The van der Waals surface area contributed by atoms with E-state index in [1.807, 2.05) is 18.2 Å². The number of ketones is 1. The molecule has 132 valence electrons. The van der Waals surface area contributed by atoms with E-state index in [1.54, 1.807) is 0 Å². The van der Waals surface area contributed by atoms with Crippen LogP contribution in [0.4, 0.5) is 0 Å². The fourth-order valence-electron chi connectivity index (χ4n) is 3.76. The maximum atomic E-state index is 13.1. The minimum atomic E-state index is -3.06. The molecule has 0 aliphatic heterocycles. The molecular formula is C23H22BrOP. The van der Waals surface area contributed by atoms with Crippen LogP contribution in [0.2, 0.25) is 0 Å². The third-order valence-corrected chi connectivity index (χ3v) is 14.8. The molecule has 4 rings (SSSR count). The summed E-state index contributed by atoms with van der Waals surface area (Å²) in [5.74, 6) is 0.626. The van der Waals surface area contributed by atoms with Crippen LogP contribution >= 0.6 is 20.8 Å². The van der Waals surface area contributed by atoms with Crippen LogP contribution in [-0.4, -0.2) is 11.9 Å². The van der Waals surface area contributed by atoms with E-state index in [1.165, 1.54) is 15.9 Å². The molecule has 0 amide bonds. The molecule has 0 bridgehead atoms. The summed E-state index contributed by atoms with van der Waals surface area (Å²) < 4.78 is 0. The van der Waals surface area contributed by atoms with Gasteiger partial charge >= 0.3 is 163 Å². The van der Waals surface area contributed by atoms with Crippen molar-refractivity contribution >= 4 is 42.5 Å². The Labute approximate surface area is 163 Å². The summed E-state index contributed by atoms with van der Waals surface area (Å²) in [6.07, 6.45) is 2.61. The van der Waals surface area contributed by atoms with Gasteiger partial charge in [0.15, 0.2) is 0 Å². The van der Waals surface area contributed by atoms with Gasteiger partial charge < -0.3 is 0 Å². The van der Waals surface area contributed by atoms with E-state index >= 15 is 0 Å². The molecule has 26 heavy (non-hydrogen) atoms. The molecule has 0 atom stereocenters. The van der Waals surface area contributed by atoms with Gasteiger partial charge in [0.05, 0.1) is 0 Å². The topological polar surface area (TPSA) is 17.1 Å². The second-order valence-corrected chi connectivity index (χ2v) is 16.0. The summed E-state index contributed by atoms with van der Waals surface area (Å²) in [7, 11) is 0. The number of hydrogen-bond acceptors (Lipinski definition) is 1. The first-order chi connectivity index (χ1) is 12.6. The molecule has 3 aromatic carbocycles. The average molecular weight is 425 g/mol. The molecule has 1 fully saturated rings. The molecule has 0 saturated heterocycles. The summed E-state index contributed by atoms with van der Waals surface area (Å²) in [6.45, 7) is 0. The van der Waals surface area contributed by atoms with Gasteiger partial charge in [0, 0.05) is 0 Å². The Morgan fingerprint density at radius 3 is 1.38 bits per heavy atom. The molecule has 1 aliphatic carbocycles. The molecule has 0 N–H and O–H groups in total. The minimum absolute atomic E-state index is 0.241. The zero-order valence-corrected chi connectivity index (χ0v) is 17.1. The SMILES string of the molecule is O=C(CP(Br)(c1ccccc1)(c1ccccc1)c1ccccc1)C1CC1. The van der Waals surface area contributed by atoms with Gasteiger partial charge in [-0.15, -0.1) is 0 Å². The van der Waals surface area contributed by atoms with Crippen molar-refractivity contribution in [2.45, 2.75) is 12.8 Å². The van der Waals surface area contributed by atoms with Crippen molar-refractivity contribution in [3.63, 3.8) is 0 Å². The van der Waals surface area contributed by atoms with Crippen LogP contribution in [0.1, 0.15) is 12.8 Å². The first-order valence-electron chi connectivity index (χ1n) is 9.05. The van der Waals surface area contributed by atoms with Gasteiger partial charge in [-0.1, -0.05) is 0 Å². The first kappa shape index (κ1) is 17.6. The fourth-order valence-corrected chi connectivity index (χ4v) is 11.3.